The third-order valence-electron chi connectivity index (χ3n) is 15.6. The Kier molecular flexibility index (Phi) is 60.5. The van der Waals surface area contributed by atoms with Gasteiger partial charge in [-0.1, -0.05) is 297 Å². The van der Waals surface area contributed by atoms with Gasteiger partial charge in [-0.05, 0) is 25.7 Å². The minimum absolute atomic E-state index is 0.106. The van der Waals surface area contributed by atoms with Crippen LogP contribution in [0.15, 0.2) is 0 Å². The molecule has 3 N–H and O–H groups in total. The SMILES string of the molecule is CCCCCCCCCCCCCCCCCCCCC(=O)O[C@H](COC(=O)CCCCCCCCCCCCCC)COP(=O)(O)OC[C@@H](O)COP(=O)(O)OC[C@@H](COC(=O)CCCCCCCCC)OC(=O)CCCCCCCCCCC. The van der Waals surface area contributed by atoms with E-state index in [1.54, 1.807) is 0 Å². The lowest BCUT2D eigenvalue weighted by Gasteiger charge is -2.21. The van der Waals surface area contributed by atoms with E-state index in [1.165, 1.54) is 167 Å². The lowest BCUT2D eigenvalue weighted by atomic mass is 10.0. The fourth-order valence-corrected chi connectivity index (χ4v) is 11.7. The molecule has 0 saturated carbocycles. The molecular formula is C67H130O17P2. The Bertz CT molecular complexity index is 1650. The van der Waals surface area contributed by atoms with Gasteiger partial charge in [-0.15, -0.1) is 0 Å². The van der Waals surface area contributed by atoms with Gasteiger partial charge in [0, 0.05) is 25.7 Å². The van der Waals surface area contributed by atoms with Crippen LogP contribution < -0.4 is 0 Å². The van der Waals surface area contributed by atoms with E-state index in [1.807, 2.05) is 0 Å². The fraction of sp³-hybridized carbons (Fsp3) is 0.940. The average molecular weight is 1270 g/mol. The lowest BCUT2D eigenvalue weighted by Crippen LogP contribution is -2.30. The summed E-state index contributed by atoms with van der Waals surface area (Å²) in [5.74, 6) is -2.13. The number of aliphatic hydroxyl groups is 1. The van der Waals surface area contributed by atoms with Crippen LogP contribution in [-0.4, -0.2) is 96.7 Å². The van der Waals surface area contributed by atoms with Gasteiger partial charge in [-0.2, -0.15) is 0 Å². The number of esters is 4. The highest BCUT2D eigenvalue weighted by Crippen LogP contribution is 2.45. The molecule has 17 nitrogen and oxygen atoms in total. The molecule has 0 heterocycles. The molecule has 86 heavy (non-hydrogen) atoms. The maximum atomic E-state index is 13.0. The molecule has 0 aromatic heterocycles. The average Bonchev–Trinajstić information content (AvgIpc) is 3.56. The topological polar surface area (TPSA) is 237 Å². The van der Waals surface area contributed by atoms with Crippen LogP contribution in [0.2, 0.25) is 0 Å². The van der Waals surface area contributed by atoms with Crippen molar-refractivity contribution in [2.45, 2.75) is 367 Å². The lowest BCUT2D eigenvalue weighted by molar-refractivity contribution is -0.161. The van der Waals surface area contributed by atoms with Crippen LogP contribution >= 0.6 is 15.6 Å². The van der Waals surface area contributed by atoms with Crippen LogP contribution in [0.5, 0.6) is 0 Å². The van der Waals surface area contributed by atoms with Crippen LogP contribution in [0.3, 0.4) is 0 Å². The molecule has 0 bridgehead atoms. The van der Waals surface area contributed by atoms with E-state index in [9.17, 15) is 43.2 Å². The first kappa shape index (κ1) is 84.1. The predicted molar refractivity (Wildman–Crippen MR) is 345 cm³/mol. The molecule has 5 atom stereocenters. The van der Waals surface area contributed by atoms with Crippen LogP contribution in [0, 0.1) is 0 Å². The first-order valence-electron chi connectivity index (χ1n) is 35.3. The van der Waals surface area contributed by atoms with Crippen molar-refractivity contribution >= 4 is 39.5 Å². The second-order valence-electron chi connectivity index (χ2n) is 24.2. The maximum absolute atomic E-state index is 13.0. The monoisotopic (exact) mass is 1270 g/mol. The minimum Gasteiger partial charge on any atom is -0.462 e. The maximum Gasteiger partial charge on any atom is 0.472 e. The molecule has 0 aromatic carbocycles. The Morgan fingerprint density at radius 1 is 0.279 bits per heavy atom. The van der Waals surface area contributed by atoms with Crippen LogP contribution in [0.25, 0.3) is 0 Å². The molecule has 510 valence electrons. The smallest absolute Gasteiger partial charge is 0.462 e. The summed E-state index contributed by atoms with van der Waals surface area (Å²) in [6.45, 7) is 4.87. The number of carbonyl (C=O) groups excluding carboxylic acids is 4. The van der Waals surface area contributed by atoms with Gasteiger partial charge >= 0.3 is 39.5 Å². The molecule has 0 rings (SSSR count). The number of hydrogen-bond acceptors (Lipinski definition) is 15. The molecule has 0 spiro atoms. The van der Waals surface area contributed by atoms with Gasteiger partial charge in [0.1, 0.15) is 19.3 Å². The van der Waals surface area contributed by atoms with Crippen molar-refractivity contribution in [1.29, 1.82) is 0 Å². The Morgan fingerprint density at radius 3 is 0.686 bits per heavy atom. The molecule has 0 amide bonds. The van der Waals surface area contributed by atoms with Gasteiger partial charge in [0.2, 0.25) is 0 Å². The molecule has 0 aliphatic heterocycles. The van der Waals surface area contributed by atoms with Gasteiger partial charge in [-0.25, -0.2) is 9.13 Å². The summed E-state index contributed by atoms with van der Waals surface area (Å²) in [5.41, 5.74) is 0. The number of ether oxygens (including phenoxy) is 4. The highest BCUT2D eigenvalue weighted by atomic mass is 31.2. The molecule has 0 aliphatic carbocycles. The van der Waals surface area contributed by atoms with E-state index in [-0.39, 0.29) is 25.7 Å². The Balaban J connectivity index is 5.16. The number of phosphoric acid groups is 2. The highest BCUT2D eigenvalue weighted by Gasteiger charge is 2.30. The minimum atomic E-state index is -4.95. The Hall–Kier alpha value is -1.94. The van der Waals surface area contributed by atoms with Crippen molar-refractivity contribution in [3.63, 3.8) is 0 Å². The summed E-state index contributed by atoms with van der Waals surface area (Å²) in [4.78, 5) is 72.2. The Morgan fingerprint density at radius 2 is 0.465 bits per heavy atom. The molecule has 0 aliphatic rings. The predicted octanol–water partition coefficient (Wildman–Crippen LogP) is 19.1. The van der Waals surface area contributed by atoms with Crippen molar-refractivity contribution in [2.75, 3.05) is 39.6 Å². The van der Waals surface area contributed by atoms with Crippen molar-refractivity contribution < 1.29 is 80.2 Å². The summed E-state index contributed by atoms with van der Waals surface area (Å²) in [6, 6.07) is 0. The summed E-state index contributed by atoms with van der Waals surface area (Å²) >= 11 is 0. The van der Waals surface area contributed by atoms with E-state index in [4.69, 9.17) is 37.0 Å². The van der Waals surface area contributed by atoms with Gasteiger partial charge in [-0.3, -0.25) is 37.3 Å². The first-order valence-corrected chi connectivity index (χ1v) is 38.3. The molecule has 0 radical (unpaired) electrons. The zero-order chi connectivity index (χ0) is 63.3. The van der Waals surface area contributed by atoms with Crippen molar-refractivity contribution in [2.24, 2.45) is 0 Å². The van der Waals surface area contributed by atoms with Gasteiger partial charge in [0.25, 0.3) is 0 Å². The number of carbonyl (C=O) groups is 4. The van der Waals surface area contributed by atoms with Crippen LogP contribution in [0.1, 0.15) is 349 Å². The van der Waals surface area contributed by atoms with E-state index in [2.05, 4.69) is 27.7 Å². The highest BCUT2D eigenvalue weighted by molar-refractivity contribution is 7.47. The summed E-state index contributed by atoms with van der Waals surface area (Å²) in [5, 5.41) is 10.5. The largest absolute Gasteiger partial charge is 0.472 e. The van der Waals surface area contributed by atoms with Gasteiger partial charge in [0.05, 0.1) is 26.4 Å². The number of phosphoric ester groups is 2. The number of aliphatic hydroxyl groups excluding tert-OH is 1. The molecule has 2 unspecified atom stereocenters. The summed E-state index contributed by atoms with van der Waals surface area (Å²) < 4.78 is 68.0. The van der Waals surface area contributed by atoms with Gasteiger partial charge in [0.15, 0.2) is 12.2 Å². The third-order valence-corrected chi connectivity index (χ3v) is 17.5. The van der Waals surface area contributed by atoms with Crippen LogP contribution in [0.4, 0.5) is 0 Å². The molecule has 0 saturated heterocycles. The summed E-state index contributed by atoms with van der Waals surface area (Å²) in [7, 11) is -9.88. The molecule has 0 aromatic rings. The molecule has 19 heteroatoms. The number of rotatable bonds is 68. The zero-order valence-electron chi connectivity index (χ0n) is 55.3. The Labute approximate surface area is 524 Å². The summed E-state index contributed by atoms with van der Waals surface area (Å²) in [6.07, 6.45) is 48.7. The van der Waals surface area contributed by atoms with Crippen molar-refractivity contribution in [3.8, 4) is 0 Å². The quantitative estimate of drug-likeness (QED) is 0.0222. The van der Waals surface area contributed by atoms with Crippen LogP contribution in [-0.2, 0) is 65.4 Å². The van der Waals surface area contributed by atoms with Crippen molar-refractivity contribution in [1.82, 2.24) is 0 Å². The number of unbranched alkanes of at least 4 members (excludes halogenated alkanes) is 42. The second kappa shape index (κ2) is 61.9. The first-order chi connectivity index (χ1) is 41.7. The van der Waals surface area contributed by atoms with E-state index in [0.717, 1.165) is 103 Å². The van der Waals surface area contributed by atoms with E-state index in [0.29, 0.717) is 25.7 Å². The molecule has 0 fully saturated rings. The normalized spacial score (nSPS) is 14.1. The number of hydrogen-bond donors (Lipinski definition) is 3. The van der Waals surface area contributed by atoms with Gasteiger partial charge < -0.3 is 33.8 Å². The fourth-order valence-electron chi connectivity index (χ4n) is 10.2. The standard InChI is InChI=1S/C67H130O17P2/c1-5-9-13-17-21-24-26-28-29-30-31-32-33-35-38-42-46-50-54-67(72)84-63(58-78-65(70)52-48-44-40-37-34-27-25-22-18-14-10-6-2)60-82-86(75,76)80-56-61(68)55-79-85(73,74)81-59-62(57-77-64(69)51-47-43-39-20-16-12-8-4)83-66(71)53-49-45-41-36-23-19-15-11-7-3/h61-63,68H,5-60H2,1-4H3,(H,73,74)(H,75,76)/t61-,62+,63+/m0/s1. The molecular weight excluding hydrogens is 1140 g/mol. The zero-order valence-corrected chi connectivity index (χ0v) is 57.1. The van der Waals surface area contributed by atoms with Crippen molar-refractivity contribution in [3.05, 3.63) is 0 Å². The second-order valence-corrected chi connectivity index (χ2v) is 27.1. The van der Waals surface area contributed by atoms with E-state index < -0.39 is 97.5 Å². The third kappa shape index (κ3) is 60.9. The van der Waals surface area contributed by atoms with E-state index >= 15 is 0 Å².